The van der Waals surface area contributed by atoms with Crippen molar-refractivity contribution >= 4 is 40.8 Å². The van der Waals surface area contributed by atoms with Gasteiger partial charge in [-0.15, -0.1) is 0 Å². The van der Waals surface area contributed by atoms with Crippen molar-refractivity contribution in [3.05, 3.63) is 80.6 Å². The van der Waals surface area contributed by atoms with Crippen LogP contribution >= 0.6 is 34.8 Å². The van der Waals surface area contributed by atoms with Crippen molar-refractivity contribution in [3.63, 3.8) is 0 Å². The molecule has 1 heterocycles. The highest BCUT2D eigenvalue weighted by atomic mass is 35.5. The van der Waals surface area contributed by atoms with Gasteiger partial charge >= 0.3 is 0 Å². The summed E-state index contributed by atoms with van der Waals surface area (Å²) in [6.07, 6.45) is 1.28. The summed E-state index contributed by atoms with van der Waals surface area (Å²) in [5, 5.41) is 4.78. The van der Waals surface area contributed by atoms with E-state index in [-0.39, 0.29) is 0 Å². The molecule has 0 saturated carbocycles. The maximum absolute atomic E-state index is 6.25. The average molecular weight is 423 g/mol. The Bertz CT molecular complexity index is 914. The summed E-state index contributed by atoms with van der Waals surface area (Å²) in [5.74, 6) is 1.31. The van der Waals surface area contributed by atoms with Crippen molar-refractivity contribution in [1.29, 1.82) is 0 Å². The first kappa shape index (κ1) is 19.7. The van der Waals surface area contributed by atoms with Crippen molar-refractivity contribution in [2.24, 2.45) is 0 Å². The topological polar surface area (TPSA) is 47.0 Å². The molecule has 0 amide bonds. The lowest BCUT2D eigenvalue weighted by Gasteiger charge is -2.10. The predicted molar refractivity (Wildman–Crippen MR) is 111 cm³/mol. The Morgan fingerprint density at radius 2 is 1.70 bits per heavy atom. The summed E-state index contributed by atoms with van der Waals surface area (Å²) in [6.45, 7) is 0.666. The van der Waals surface area contributed by atoms with Crippen LogP contribution in [0.2, 0.25) is 15.2 Å². The molecule has 1 N–H and O–H groups in total. The van der Waals surface area contributed by atoms with Gasteiger partial charge < -0.3 is 10.1 Å². The molecule has 3 aromatic rings. The van der Waals surface area contributed by atoms with Crippen LogP contribution in [0.4, 0.5) is 5.95 Å². The fraction of sp³-hybridized carbons (Fsp3) is 0.200. The number of methoxy groups -OCH3 is 1. The van der Waals surface area contributed by atoms with Crippen molar-refractivity contribution < 1.29 is 4.74 Å². The number of ether oxygens (including phenoxy) is 1. The van der Waals surface area contributed by atoms with Gasteiger partial charge in [-0.2, -0.15) is 0 Å². The number of nitrogens with zero attached hydrogens (tertiary/aromatic N) is 2. The van der Waals surface area contributed by atoms with E-state index < -0.39 is 0 Å². The highest BCUT2D eigenvalue weighted by Crippen LogP contribution is 2.27. The van der Waals surface area contributed by atoms with Gasteiger partial charge in [-0.25, -0.2) is 9.97 Å². The van der Waals surface area contributed by atoms with E-state index in [0.717, 1.165) is 29.0 Å². The number of hydrogen-bond donors (Lipinski definition) is 1. The second-order valence-electron chi connectivity index (χ2n) is 5.91. The molecule has 3 rings (SSSR count). The Morgan fingerprint density at radius 1 is 0.963 bits per heavy atom. The third-order valence-corrected chi connectivity index (χ3v) is 4.90. The standard InChI is InChI=1S/C20H18Cl3N3O/c1-27-15-5-2-4-13(10-15)8-9-24-20-25-14(12-19(23)26-20)11-16-17(21)6-3-7-18(16)22/h2-7,10,12H,8-9,11H2,1H3,(H,24,25,26). The molecule has 0 bridgehead atoms. The molecule has 0 fully saturated rings. The van der Waals surface area contributed by atoms with Crippen LogP contribution in [0, 0.1) is 0 Å². The first-order valence-corrected chi connectivity index (χ1v) is 9.51. The monoisotopic (exact) mass is 421 g/mol. The molecule has 7 heteroatoms. The van der Waals surface area contributed by atoms with Crippen LogP contribution in [0.25, 0.3) is 0 Å². The van der Waals surface area contributed by atoms with Gasteiger partial charge in [-0.05, 0) is 47.9 Å². The van der Waals surface area contributed by atoms with E-state index in [4.69, 9.17) is 39.5 Å². The molecule has 27 heavy (non-hydrogen) atoms. The van der Waals surface area contributed by atoms with E-state index >= 15 is 0 Å². The number of nitrogens with one attached hydrogen (secondary N) is 1. The van der Waals surface area contributed by atoms with Gasteiger partial charge in [0.2, 0.25) is 5.95 Å². The van der Waals surface area contributed by atoms with Crippen molar-refractivity contribution in [3.8, 4) is 5.75 Å². The molecule has 140 valence electrons. The van der Waals surface area contributed by atoms with Crippen LogP contribution in [-0.2, 0) is 12.8 Å². The first-order valence-electron chi connectivity index (χ1n) is 8.38. The number of rotatable bonds is 7. The second-order valence-corrected chi connectivity index (χ2v) is 7.11. The molecule has 4 nitrogen and oxygen atoms in total. The smallest absolute Gasteiger partial charge is 0.224 e. The van der Waals surface area contributed by atoms with Crippen LogP contribution in [0.5, 0.6) is 5.75 Å². The van der Waals surface area contributed by atoms with E-state index in [1.165, 1.54) is 0 Å². The Hall–Kier alpha value is -2.01. The van der Waals surface area contributed by atoms with Gasteiger partial charge in [0.05, 0.1) is 12.8 Å². The van der Waals surface area contributed by atoms with Gasteiger partial charge in [-0.1, -0.05) is 53.0 Å². The molecule has 0 unspecified atom stereocenters. The first-order chi connectivity index (χ1) is 13.0. The third kappa shape index (κ3) is 5.48. The molecule has 0 aliphatic rings. The largest absolute Gasteiger partial charge is 0.497 e. The SMILES string of the molecule is COc1cccc(CCNc2nc(Cl)cc(Cc3c(Cl)cccc3Cl)n2)c1. The highest BCUT2D eigenvalue weighted by molar-refractivity contribution is 6.36. The Balaban J connectivity index is 1.68. The van der Waals surface area contributed by atoms with Crippen molar-refractivity contribution in [2.75, 3.05) is 19.0 Å². The third-order valence-electron chi connectivity index (χ3n) is 4.00. The predicted octanol–water partition coefficient (Wildman–Crippen LogP) is 5.69. The summed E-state index contributed by atoms with van der Waals surface area (Å²) in [5.41, 5.74) is 2.72. The van der Waals surface area contributed by atoms with Crippen LogP contribution in [0.3, 0.4) is 0 Å². The lowest BCUT2D eigenvalue weighted by Crippen LogP contribution is -2.09. The van der Waals surface area contributed by atoms with Crippen molar-refractivity contribution in [1.82, 2.24) is 9.97 Å². The molecule has 0 aliphatic carbocycles. The number of anilines is 1. The zero-order chi connectivity index (χ0) is 19.2. The highest BCUT2D eigenvalue weighted by Gasteiger charge is 2.10. The van der Waals surface area contributed by atoms with Crippen LogP contribution in [0.15, 0.2) is 48.5 Å². The van der Waals surface area contributed by atoms with E-state index in [9.17, 15) is 0 Å². The summed E-state index contributed by atoms with van der Waals surface area (Å²) in [6, 6.07) is 15.1. The number of aromatic nitrogens is 2. The number of benzene rings is 2. The summed E-state index contributed by atoms with van der Waals surface area (Å²) in [7, 11) is 1.66. The van der Waals surface area contributed by atoms with Crippen LogP contribution < -0.4 is 10.1 Å². The van der Waals surface area contributed by atoms with E-state index in [1.54, 1.807) is 25.3 Å². The molecule has 0 aliphatic heterocycles. The number of hydrogen-bond acceptors (Lipinski definition) is 4. The minimum Gasteiger partial charge on any atom is -0.497 e. The zero-order valence-corrected chi connectivity index (χ0v) is 16.9. The van der Waals surface area contributed by atoms with E-state index in [2.05, 4.69) is 15.3 Å². The van der Waals surface area contributed by atoms with Crippen molar-refractivity contribution in [2.45, 2.75) is 12.8 Å². The number of halogens is 3. The van der Waals surface area contributed by atoms with Gasteiger partial charge in [0.25, 0.3) is 0 Å². The molecule has 0 spiro atoms. The lowest BCUT2D eigenvalue weighted by molar-refractivity contribution is 0.414. The van der Waals surface area contributed by atoms with Gasteiger partial charge in [-0.3, -0.25) is 0 Å². The van der Waals surface area contributed by atoms with E-state index in [0.29, 0.717) is 34.1 Å². The quantitative estimate of drug-likeness (QED) is 0.497. The minimum atomic E-state index is 0.368. The maximum Gasteiger partial charge on any atom is 0.224 e. The fourth-order valence-corrected chi connectivity index (χ4v) is 3.40. The molecule has 0 saturated heterocycles. The average Bonchev–Trinajstić information content (AvgIpc) is 2.65. The summed E-state index contributed by atoms with van der Waals surface area (Å²) < 4.78 is 5.24. The molecule has 0 radical (unpaired) electrons. The molecular formula is C20H18Cl3N3O. The molecule has 1 aromatic heterocycles. The van der Waals surface area contributed by atoms with Crippen LogP contribution in [-0.4, -0.2) is 23.6 Å². The van der Waals surface area contributed by atoms with Gasteiger partial charge in [0.1, 0.15) is 10.9 Å². The summed E-state index contributed by atoms with van der Waals surface area (Å²) >= 11 is 18.7. The Kier molecular flexibility index (Phi) is 6.78. The van der Waals surface area contributed by atoms with Gasteiger partial charge in [0.15, 0.2) is 0 Å². The summed E-state index contributed by atoms with van der Waals surface area (Å²) in [4.78, 5) is 8.77. The van der Waals surface area contributed by atoms with Gasteiger partial charge in [0, 0.05) is 23.0 Å². The Morgan fingerprint density at radius 3 is 2.44 bits per heavy atom. The fourth-order valence-electron chi connectivity index (χ4n) is 2.66. The van der Waals surface area contributed by atoms with Crippen LogP contribution in [0.1, 0.15) is 16.8 Å². The molecular weight excluding hydrogens is 405 g/mol. The Labute approximate surface area is 173 Å². The maximum atomic E-state index is 6.25. The molecule has 0 atom stereocenters. The van der Waals surface area contributed by atoms with E-state index in [1.807, 2.05) is 30.3 Å². The lowest BCUT2D eigenvalue weighted by atomic mass is 10.1. The minimum absolute atomic E-state index is 0.368. The second kappa shape index (κ2) is 9.27. The molecule has 2 aromatic carbocycles. The normalized spacial score (nSPS) is 10.7. The zero-order valence-electron chi connectivity index (χ0n) is 14.7.